The Labute approximate surface area is 146 Å². The molecule has 0 radical (unpaired) electrons. The summed E-state index contributed by atoms with van der Waals surface area (Å²) >= 11 is 1.66. The number of pyridine rings is 1. The second-order valence-electron chi connectivity index (χ2n) is 8.29. The van der Waals surface area contributed by atoms with Crippen LogP contribution >= 0.6 is 11.3 Å². The third kappa shape index (κ3) is 2.40. The number of anilines is 1. The van der Waals surface area contributed by atoms with Crippen LogP contribution in [0.4, 0.5) is 5.13 Å². The van der Waals surface area contributed by atoms with E-state index in [0.717, 1.165) is 22.3 Å². The van der Waals surface area contributed by atoms with E-state index in [0.29, 0.717) is 6.04 Å². The minimum Gasteiger partial charge on any atom is -0.338 e. The van der Waals surface area contributed by atoms with E-state index in [1.807, 2.05) is 23.0 Å². The molecule has 1 aliphatic rings. The molecule has 1 atom stereocenters. The number of imidazole rings is 1. The summed E-state index contributed by atoms with van der Waals surface area (Å²) in [5.74, 6) is 0. The average Bonchev–Trinajstić information content (AvgIpc) is 3.04. The SMILES string of the molecule is CC(C)(C)c1cn2nc(N3CC(C)(C)[C@H]3c3cccnc3)sc2n1. The van der Waals surface area contributed by atoms with E-state index in [-0.39, 0.29) is 10.8 Å². The van der Waals surface area contributed by atoms with Crippen molar-refractivity contribution in [2.45, 2.75) is 46.1 Å². The molecule has 6 heteroatoms. The second kappa shape index (κ2) is 5.02. The Kier molecular flexibility index (Phi) is 3.26. The van der Waals surface area contributed by atoms with Crippen molar-refractivity contribution < 1.29 is 0 Å². The van der Waals surface area contributed by atoms with Gasteiger partial charge in [0, 0.05) is 29.8 Å². The van der Waals surface area contributed by atoms with Gasteiger partial charge in [0.1, 0.15) is 0 Å². The Balaban J connectivity index is 1.68. The second-order valence-corrected chi connectivity index (χ2v) is 9.23. The fraction of sp³-hybridized carbons (Fsp3) is 0.500. The Morgan fingerprint density at radius 3 is 2.67 bits per heavy atom. The van der Waals surface area contributed by atoms with Crippen LogP contribution in [0.1, 0.15) is 51.9 Å². The highest BCUT2D eigenvalue weighted by Gasteiger charge is 2.48. The van der Waals surface area contributed by atoms with Crippen LogP contribution in [0.5, 0.6) is 0 Å². The highest BCUT2D eigenvalue weighted by Crippen LogP contribution is 2.51. The number of hydrogen-bond acceptors (Lipinski definition) is 5. The first kappa shape index (κ1) is 15.6. The summed E-state index contributed by atoms with van der Waals surface area (Å²) in [6.45, 7) is 12.1. The molecule has 0 bridgehead atoms. The molecule has 5 nitrogen and oxygen atoms in total. The van der Waals surface area contributed by atoms with E-state index >= 15 is 0 Å². The molecular weight excluding hydrogens is 318 g/mol. The lowest BCUT2D eigenvalue weighted by atomic mass is 9.72. The summed E-state index contributed by atoms with van der Waals surface area (Å²) in [7, 11) is 0. The summed E-state index contributed by atoms with van der Waals surface area (Å²) in [5, 5.41) is 5.82. The maximum atomic E-state index is 4.79. The minimum atomic E-state index is 0.0462. The molecule has 0 aromatic carbocycles. The molecule has 1 saturated heterocycles. The van der Waals surface area contributed by atoms with Crippen molar-refractivity contribution in [2.75, 3.05) is 11.4 Å². The van der Waals surface area contributed by atoms with Crippen LogP contribution in [0, 0.1) is 5.41 Å². The predicted molar refractivity (Wildman–Crippen MR) is 97.7 cm³/mol. The Morgan fingerprint density at radius 2 is 2.08 bits per heavy atom. The molecule has 0 spiro atoms. The Hall–Kier alpha value is -1.95. The van der Waals surface area contributed by atoms with Gasteiger partial charge in [0.2, 0.25) is 10.1 Å². The third-order valence-electron chi connectivity index (χ3n) is 4.68. The monoisotopic (exact) mass is 341 g/mol. The van der Waals surface area contributed by atoms with Gasteiger partial charge in [-0.2, -0.15) is 0 Å². The van der Waals surface area contributed by atoms with Gasteiger partial charge in [-0.3, -0.25) is 4.98 Å². The maximum absolute atomic E-state index is 4.79. The fourth-order valence-electron chi connectivity index (χ4n) is 3.44. The van der Waals surface area contributed by atoms with Gasteiger partial charge < -0.3 is 4.90 Å². The normalized spacial score (nSPS) is 20.4. The quantitative estimate of drug-likeness (QED) is 0.705. The van der Waals surface area contributed by atoms with Crippen molar-refractivity contribution in [1.82, 2.24) is 19.6 Å². The zero-order valence-electron chi connectivity index (χ0n) is 14.8. The van der Waals surface area contributed by atoms with Crippen molar-refractivity contribution in [3.05, 3.63) is 42.0 Å². The van der Waals surface area contributed by atoms with Crippen molar-refractivity contribution >= 4 is 21.4 Å². The maximum Gasteiger partial charge on any atom is 0.214 e. The van der Waals surface area contributed by atoms with Gasteiger partial charge in [-0.1, -0.05) is 52.0 Å². The predicted octanol–water partition coefficient (Wildman–Crippen LogP) is 4.07. The van der Waals surface area contributed by atoms with Crippen LogP contribution in [-0.4, -0.2) is 26.1 Å². The van der Waals surface area contributed by atoms with E-state index < -0.39 is 0 Å². The molecule has 24 heavy (non-hydrogen) atoms. The van der Waals surface area contributed by atoms with E-state index in [2.05, 4.69) is 56.8 Å². The summed E-state index contributed by atoms with van der Waals surface area (Å²) < 4.78 is 1.92. The van der Waals surface area contributed by atoms with Gasteiger partial charge in [0.25, 0.3) is 0 Å². The topological polar surface area (TPSA) is 46.3 Å². The highest BCUT2D eigenvalue weighted by atomic mass is 32.1. The number of aromatic nitrogens is 4. The third-order valence-corrected chi connectivity index (χ3v) is 5.64. The molecular formula is C18H23N5S. The van der Waals surface area contributed by atoms with Crippen LogP contribution < -0.4 is 4.90 Å². The van der Waals surface area contributed by atoms with Crippen molar-refractivity contribution in [1.29, 1.82) is 0 Å². The van der Waals surface area contributed by atoms with Gasteiger partial charge >= 0.3 is 0 Å². The van der Waals surface area contributed by atoms with Gasteiger partial charge in [0.15, 0.2) is 0 Å². The Morgan fingerprint density at radius 1 is 1.29 bits per heavy atom. The zero-order chi connectivity index (χ0) is 17.1. The van der Waals surface area contributed by atoms with Gasteiger partial charge in [0.05, 0.1) is 17.9 Å². The molecule has 1 fully saturated rings. The number of fused-ring (bicyclic) bond motifs is 1. The molecule has 0 unspecified atom stereocenters. The standard InChI is InChI=1S/C18H23N5S/c1-17(2,3)13-10-23-15(20-13)24-16(21-23)22-11-18(4,5)14(22)12-7-6-8-19-9-12/h6-10,14H,11H2,1-5H3/t14-/m1/s1. The van der Waals surface area contributed by atoms with Crippen LogP contribution in [0.15, 0.2) is 30.7 Å². The molecule has 3 aromatic rings. The van der Waals surface area contributed by atoms with Crippen LogP contribution in [-0.2, 0) is 5.41 Å². The summed E-state index contributed by atoms with van der Waals surface area (Å²) in [5.41, 5.74) is 2.59. The van der Waals surface area contributed by atoms with E-state index in [4.69, 9.17) is 10.1 Å². The molecule has 0 saturated carbocycles. The fourth-order valence-corrected chi connectivity index (χ4v) is 4.35. The lowest BCUT2D eigenvalue weighted by Crippen LogP contribution is -2.55. The highest BCUT2D eigenvalue weighted by molar-refractivity contribution is 7.20. The van der Waals surface area contributed by atoms with Crippen LogP contribution in [0.3, 0.4) is 0 Å². The molecule has 0 amide bonds. The summed E-state index contributed by atoms with van der Waals surface area (Å²) in [6.07, 6.45) is 5.85. The van der Waals surface area contributed by atoms with Gasteiger partial charge in [-0.25, -0.2) is 9.50 Å². The minimum absolute atomic E-state index is 0.0462. The average molecular weight is 341 g/mol. The molecule has 0 aliphatic carbocycles. The van der Waals surface area contributed by atoms with E-state index in [9.17, 15) is 0 Å². The number of hydrogen-bond donors (Lipinski definition) is 0. The molecule has 126 valence electrons. The van der Waals surface area contributed by atoms with Crippen LogP contribution in [0.2, 0.25) is 0 Å². The Bertz CT molecular complexity index is 840. The van der Waals surface area contributed by atoms with Crippen molar-refractivity contribution in [3.8, 4) is 0 Å². The summed E-state index contributed by atoms with van der Waals surface area (Å²) in [4.78, 5) is 12.4. The zero-order valence-corrected chi connectivity index (χ0v) is 15.6. The largest absolute Gasteiger partial charge is 0.338 e. The van der Waals surface area contributed by atoms with Gasteiger partial charge in [-0.05, 0) is 11.6 Å². The lowest BCUT2D eigenvalue weighted by Gasteiger charge is -2.54. The smallest absolute Gasteiger partial charge is 0.214 e. The molecule has 0 N–H and O–H groups in total. The molecule has 4 heterocycles. The van der Waals surface area contributed by atoms with E-state index in [1.54, 1.807) is 11.3 Å². The molecule has 3 aromatic heterocycles. The molecule has 1 aliphatic heterocycles. The molecule has 4 rings (SSSR count). The van der Waals surface area contributed by atoms with Crippen LogP contribution in [0.25, 0.3) is 4.96 Å². The van der Waals surface area contributed by atoms with Gasteiger partial charge in [-0.15, -0.1) is 5.10 Å². The first-order valence-electron chi connectivity index (χ1n) is 8.29. The first-order chi connectivity index (χ1) is 11.3. The van der Waals surface area contributed by atoms with E-state index in [1.165, 1.54) is 5.56 Å². The van der Waals surface area contributed by atoms with Crippen molar-refractivity contribution in [2.24, 2.45) is 5.41 Å². The number of rotatable bonds is 2. The number of nitrogens with zero attached hydrogens (tertiary/aromatic N) is 5. The summed E-state index contributed by atoms with van der Waals surface area (Å²) in [6, 6.07) is 4.47. The first-order valence-corrected chi connectivity index (χ1v) is 9.11. The van der Waals surface area contributed by atoms with Crippen molar-refractivity contribution in [3.63, 3.8) is 0 Å². The lowest BCUT2D eigenvalue weighted by molar-refractivity contribution is 0.179.